The Morgan fingerprint density at radius 3 is 2.85 bits per heavy atom. The highest BCUT2D eigenvalue weighted by Gasteiger charge is 2.14. The molecule has 2 rings (SSSR count). The van der Waals surface area contributed by atoms with Gasteiger partial charge >= 0.3 is 6.61 Å². The van der Waals surface area contributed by atoms with E-state index in [0.717, 1.165) is 32.6 Å². The molecule has 114 valence electrons. The summed E-state index contributed by atoms with van der Waals surface area (Å²) in [5, 5.41) is 3.83. The molecule has 7 heteroatoms. The molecule has 1 aromatic carbocycles. The smallest absolute Gasteiger partial charge is 0.387 e. The van der Waals surface area contributed by atoms with Crippen LogP contribution in [0.5, 0.6) is 5.75 Å². The van der Waals surface area contributed by atoms with Crippen LogP contribution in [-0.2, 0) is 6.54 Å². The Balaban J connectivity index is 0.00000200. The Morgan fingerprint density at radius 1 is 1.30 bits per heavy atom. The average Bonchev–Trinajstić information content (AvgIpc) is 2.61. The monoisotopic (exact) mass is 326 g/mol. The van der Waals surface area contributed by atoms with Crippen LogP contribution < -0.4 is 10.1 Å². The molecule has 3 nitrogen and oxygen atoms in total. The quantitative estimate of drug-likeness (QED) is 0.919. The highest BCUT2D eigenvalue weighted by Crippen LogP contribution is 2.26. The maximum absolute atomic E-state index is 12.4. The van der Waals surface area contributed by atoms with E-state index >= 15 is 0 Å². The number of ether oxygens (including phenoxy) is 1. The summed E-state index contributed by atoms with van der Waals surface area (Å²) in [7, 11) is 0. The first-order chi connectivity index (χ1) is 9.15. The number of halogens is 4. The van der Waals surface area contributed by atoms with Crippen molar-refractivity contribution in [1.82, 2.24) is 10.2 Å². The lowest BCUT2D eigenvalue weighted by Crippen LogP contribution is -2.28. The van der Waals surface area contributed by atoms with E-state index in [0.29, 0.717) is 17.1 Å². The third-order valence-electron chi connectivity index (χ3n) is 3.07. The zero-order valence-electron chi connectivity index (χ0n) is 10.9. The zero-order chi connectivity index (χ0) is 13.7. The second-order valence-corrected chi connectivity index (χ2v) is 4.95. The first-order valence-corrected chi connectivity index (χ1v) is 6.69. The molecule has 1 saturated heterocycles. The van der Waals surface area contributed by atoms with E-state index in [4.69, 9.17) is 11.6 Å². The summed E-state index contributed by atoms with van der Waals surface area (Å²) in [6.45, 7) is 1.49. The van der Waals surface area contributed by atoms with E-state index in [2.05, 4.69) is 15.0 Å². The van der Waals surface area contributed by atoms with E-state index in [9.17, 15) is 8.78 Å². The van der Waals surface area contributed by atoms with Gasteiger partial charge < -0.3 is 10.1 Å². The zero-order valence-corrected chi connectivity index (χ0v) is 12.5. The van der Waals surface area contributed by atoms with Gasteiger partial charge in [0.15, 0.2) is 0 Å². The standard InChI is InChI=1S/C13H17ClF2N2O.ClH/c14-11-2-3-12(19-13(15)16)10(8-11)9-18-6-1-4-17-5-7-18;/h2-3,8,13,17H,1,4-7,9H2;1H. The third-order valence-corrected chi connectivity index (χ3v) is 3.30. The fourth-order valence-corrected chi connectivity index (χ4v) is 2.38. The molecule has 1 N–H and O–H groups in total. The van der Waals surface area contributed by atoms with E-state index in [-0.39, 0.29) is 18.2 Å². The molecular formula is C13H18Cl2F2N2O. The topological polar surface area (TPSA) is 24.5 Å². The molecule has 0 aliphatic carbocycles. The summed E-state index contributed by atoms with van der Waals surface area (Å²) in [6.07, 6.45) is 1.05. The number of hydrogen-bond donors (Lipinski definition) is 1. The predicted octanol–water partition coefficient (Wildman–Crippen LogP) is 3.16. The molecule has 0 radical (unpaired) electrons. The molecule has 0 atom stereocenters. The van der Waals surface area contributed by atoms with Crippen molar-refractivity contribution in [2.24, 2.45) is 0 Å². The lowest BCUT2D eigenvalue weighted by Gasteiger charge is -2.21. The summed E-state index contributed by atoms with van der Waals surface area (Å²) in [4.78, 5) is 2.21. The Labute approximate surface area is 128 Å². The minimum Gasteiger partial charge on any atom is -0.434 e. The summed E-state index contributed by atoms with van der Waals surface area (Å²) >= 11 is 5.93. The van der Waals surface area contributed by atoms with Gasteiger partial charge in [-0.05, 0) is 37.7 Å². The summed E-state index contributed by atoms with van der Waals surface area (Å²) in [6, 6.07) is 4.75. The van der Waals surface area contributed by atoms with E-state index in [1.807, 2.05) is 0 Å². The number of nitrogens with one attached hydrogen (secondary N) is 1. The number of hydrogen-bond acceptors (Lipinski definition) is 3. The Hall–Kier alpha value is -0.620. The van der Waals surface area contributed by atoms with Gasteiger partial charge in [0.1, 0.15) is 5.75 Å². The highest BCUT2D eigenvalue weighted by atomic mass is 35.5. The van der Waals surface area contributed by atoms with Crippen molar-refractivity contribution in [2.75, 3.05) is 26.2 Å². The molecule has 0 unspecified atom stereocenters. The number of nitrogens with zero attached hydrogens (tertiary/aromatic N) is 1. The first kappa shape index (κ1) is 17.4. The number of rotatable bonds is 4. The van der Waals surface area contributed by atoms with Gasteiger partial charge in [-0.1, -0.05) is 11.6 Å². The normalized spacial score (nSPS) is 16.6. The minimum absolute atomic E-state index is 0. The van der Waals surface area contributed by atoms with Crippen molar-refractivity contribution in [3.05, 3.63) is 28.8 Å². The van der Waals surface area contributed by atoms with E-state index in [1.54, 1.807) is 12.1 Å². The van der Waals surface area contributed by atoms with Crippen LogP contribution in [0.3, 0.4) is 0 Å². The molecule has 1 heterocycles. The fraction of sp³-hybridized carbons (Fsp3) is 0.538. The molecule has 1 aliphatic rings. The largest absolute Gasteiger partial charge is 0.434 e. The van der Waals surface area contributed by atoms with Crippen LogP contribution >= 0.6 is 24.0 Å². The summed E-state index contributed by atoms with van der Waals surface area (Å²) in [5.74, 6) is 0.205. The maximum atomic E-state index is 12.4. The van der Waals surface area contributed by atoms with Crippen molar-refractivity contribution < 1.29 is 13.5 Å². The van der Waals surface area contributed by atoms with Gasteiger partial charge in [0.25, 0.3) is 0 Å². The van der Waals surface area contributed by atoms with Crippen LogP contribution in [0.4, 0.5) is 8.78 Å². The van der Waals surface area contributed by atoms with Crippen LogP contribution in [0.25, 0.3) is 0 Å². The third kappa shape index (κ3) is 5.40. The Morgan fingerprint density at radius 2 is 2.10 bits per heavy atom. The maximum Gasteiger partial charge on any atom is 0.387 e. The molecule has 1 aliphatic heterocycles. The molecule has 0 spiro atoms. The van der Waals surface area contributed by atoms with Gasteiger partial charge in [0.05, 0.1) is 0 Å². The van der Waals surface area contributed by atoms with Crippen molar-refractivity contribution in [3.8, 4) is 5.75 Å². The van der Waals surface area contributed by atoms with Gasteiger partial charge in [0, 0.05) is 30.2 Å². The lowest BCUT2D eigenvalue weighted by atomic mass is 10.2. The van der Waals surface area contributed by atoms with Gasteiger partial charge in [-0.2, -0.15) is 8.78 Å². The Kier molecular flexibility index (Phi) is 7.51. The van der Waals surface area contributed by atoms with Crippen LogP contribution in [0.2, 0.25) is 5.02 Å². The molecule has 1 aromatic rings. The molecule has 1 fully saturated rings. The van der Waals surface area contributed by atoms with Gasteiger partial charge in [-0.15, -0.1) is 12.4 Å². The van der Waals surface area contributed by atoms with E-state index in [1.165, 1.54) is 6.07 Å². The average molecular weight is 327 g/mol. The van der Waals surface area contributed by atoms with Crippen molar-refractivity contribution in [2.45, 2.75) is 19.6 Å². The summed E-state index contributed by atoms with van der Waals surface area (Å²) in [5.41, 5.74) is 0.703. The molecule has 0 amide bonds. The second kappa shape index (κ2) is 8.62. The van der Waals surface area contributed by atoms with Crippen molar-refractivity contribution >= 4 is 24.0 Å². The van der Waals surface area contributed by atoms with E-state index < -0.39 is 6.61 Å². The van der Waals surface area contributed by atoms with Crippen LogP contribution in [0, 0.1) is 0 Å². The van der Waals surface area contributed by atoms with Gasteiger partial charge in [-0.3, -0.25) is 4.90 Å². The number of alkyl halides is 2. The van der Waals surface area contributed by atoms with Crippen molar-refractivity contribution in [1.29, 1.82) is 0 Å². The molecule has 0 saturated carbocycles. The van der Waals surface area contributed by atoms with Gasteiger partial charge in [-0.25, -0.2) is 0 Å². The molecule has 0 aromatic heterocycles. The summed E-state index contributed by atoms with van der Waals surface area (Å²) < 4.78 is 29.3. The lowest BCUT2D eigenvalue weighted by molar-refractivity contribution is -0.0507. The first-order valence-electron chi connectivity index (χ1n) is 6.31. The molecular weight excluding hydrogens is 309 g/mol. The van der Waals surface area contributed by atoms with Crippen LogP contribution in [0.15, 0.2) is 18.2 Å². The van der Waals surface area contributed by atoms with Crippen LogP contribution in [-0.4, -0.2) is 37.7 Å². The fourth-order valence-electron chi connectivity index (χ4n) is 2.18. The van der Waals surface area contributed by atoms with Crippen molar-refractivity contribution in [3.63, 3.8) is 0 Å². The second-order valence-electron chi connectivity index (χ2n) is 4.51. The molecule has 20 heavy (non-hydrogen) atoms. The Bertz CT molecular complexity index is 413. The SMILES string of the molecule is Cl.FC(F)Oc1ccc(Cl)cc1CN1CCCNCC1. The predicted molar refractivity (Wildman–Crippen MR) is 78.1 cm³/mol. The molecule has 0 bridgehead atoms. The van der Waals surface area contributed by atoms with Gasteiger partial charge in [0.2, 0.25) is 0 Å². The number of benzene rings is 1. The van der Waals surface area contributed by atoms with Crippen LogP contribution in [0.1, 0.15) is 12.0 Å². The minimum atomic E-state index is -2.81. The highest BCUT2D eigenvalue weighted by molar-refractivity contribution is 6.30.